The van der Waals surface area contributed by atoms with Crippen molar-refractivity contribution in [2.75, 3.05) is 0 Å². The molecule has 0 amide bonds. The second-order valence-electron chi connectivity index (χ2n) is 4.92. The minimum absolute atomic E-state index is 0.0567. The zero-order valence-electron chi connectivity index (χ0n) is 10.8. The van der Waals surface area contributed by atoms with Gasteiger partial charge in [-0.2, -0.15) is 0 Å². The highest BCUT2D eigenvalue weighted by Crippen LogP contribution is 2.35. The first-order valence-electron chi connectivity index (χ1n) is 6.39. The van der Waals surface area contributed by atoms with Crippen LogP contribution in [-0.4, -0.2) is 19.6 Å². The van der Waals surface area contributed by atoms with Gasteiger partial charge in [-0.15, -0.1) is 0 Å². The van der Waals surface area contributed by atoms with E-state index in [0.717, 1.165) is 19.3 Å². The van der Waals surface area contributed by atoms with E-state index in [1.54, 1.807) is 0 Å². The molecule has 0 radical (unpaired) electrons. The SMILES string of the molecule is CCCC1CC1NS(=O)(=O)c1ccc(CO)c(Cl)c1. The number of aliphatic hydroxyl groups excluding tert-OH is 1. The molecule has 0 spiro atoms. The van der Waals surface area contributed by atoms with E-state index in [2.05, 4.69) is 11.6 Å². The molecule has 19 heavy (non-hydrogen) atoms. The van der Waals surface area contributed by atoms with Gasteiger partial charge in [0.05, 0.1) is 11.5 Å². The van der Waals surface area contributed by atoms with Crippen molar-refractivity contribution in [2.24, 2.45) is 5.92 Å². The summed E-state index contributed by atoms with van der Waals surface area (Å²) in [6, 6.07) is 4.44. The van der Waals surface area contributed by atoms with E-state index in [1.165, 1.54) is 18.2 Å². The molecule has 1 aliphatic carbocycles. The third kappa shape index (κ3) is 3.48. The Labute approximate surface area is 118 Å². The summed E-state index contributed by atoms with van der Waals surface area (Å²) in [5, 5.41) is 9.28. The van der Waals surface area contributed by atoms with Gasteiger partial charge in [0, 0.05) is 11.1 Å². The number of nitrogens with one attached hydrogen (secondary N) is 1. The Bertz CT molecular complexity index is 559. The summed E-state index contributed by atoms with van der Waals surface area (Å²) in [7, 11) is -3.51. The lowest BCUT2D eigenvalue weighted by Crippen LogP contribution is -2.27. The molecular formula is C13H18ClNO3S. The molecule has 1 aromatic rings. The van der Waals surface area contributed by atoms with E-state index >= 15 is 0 Å². The predicted octanol–water partition coefficient (Wildman–Crippen LogP) is 2.30. The normalized spacial score (nSPS) is 22.5. The van der Waals surface area contributed by atoms with Gasteiger partial charge in [0.2, 0.25) is 10.0 Å². The first kappa shape index (κ1) is 14.8. The molecule has 2 N–H and O–H groups in total. The molecule has 0 bridgehead atoms. The van der Waals surface area contributed by atoms with Crippen molar-refractivity contribution in [3.63, 3.8) is 0 Å². The van der Waals surface area contributed by atoms with Gasteiger partial charge in [-0.25, -0.2) is 13.1 Å². The summed E-state index contributed by atoms with van der Waals surface area (Å²) in [4.78, 5) is 0.150. The topological polar surface area (TPSA) is 66.4 Å². The number of rotatable bonds is 6. The third-order valence-corrected chi connectivity index (χ3v) is 5.23. The van der Waals surface area contributed by atoms with Crippen molar-refractivity contribution < 1.29 is 13.5 Å². The Morgan fingerprint density at radius 1 is 1.47 bits per heavy atom. The summed E-state index contributed by atoms with van der Waals surface area (Å²) in [6.45, 7) is 1.89. The maximum atomic E-state index is 12.2. The molecule has 6 heteroatoms. The van der Waals surface area contributed by atoms with Gasteiger partial charge in [-0.3, -0.25) is 0 Å². The van der Waals surface area contributed by atoms with Gasteiger partial charge in [0.15, 0.2) is 0 Å². The first-order valence-corrected chi connectivity index (χ1v) is 8.25. The molecule has 1 aromatic carbocycles. The minimum Gasteiger partial charge on any atom is -0.392 e. The fourth-order valence-electron chi connectivity index (χ4n) is 2.17. The van der Waals surface area contributed by atoms with Crippen molar-refractivity contribution in [1.82, 2.24) is 4.72 Å². The second kappa shape index (κ2) is 5.79. The van der Waals surface area contributed by atoms with Crippen molar-refractivity contribution in [3.8, 4) is 0 Å². The van der Waals surface area contributed by atoms with Crippen LogP contribution in [0.3, 0.4) is 0 Å². The highest BCUT2D eigenvalue weighted by atomic mass is 35.5. The molecule has 106 valence electrons. The molecule has 2 unspecified atom stereocenters. The molecule has 2 rings (SSSR count). The van der Waals surface area contributed by atoms with Crippen molar-refractivity contribution in [2.45, 2.75) is 43.7 Å². The smallest absolute Gasteiger partial charge is 0.240 e. The van der Waals surface area contributed by atoms with Crippen molar-refractivity contribution >= 4 is 21.6 Å². The van der Waals surface area contributed by atoms with Crippen LogP contribution < -0.4 is 4.72 Å². The summed E-state index contributed by atoms with van der Waals surface area (Å²) in [5.41, 5.74) is 0.524. The summed E-state index contributed by atoms with van der Waals surface area (Å²) in [6.07, 6.45) is 3.03. The monoisotopic (exact) mass is 303 g/mol. The standard InChI is InChI=1S/C13H18ClNO3S/c1-2-3-9-6-13(9)15-19(17,18)11-5-4-10(8-16)12(14)7-11/h4-5,7,9,13,15-16H,2-3,6,8H2,1H3. The molecule has 0 saturated heterocycles. The number of hydrogen-bond acceptors (Lipinski definition) is 3. The van der Waals surface area contributed by atoms with Gasteiger partial charge >= 0.3 is 0 Å². The number of sulfonamides is 1. The first-order chi connectivity index (χ1) is 8.97. The molecule has 0 heterocycles. The Morgan fingerprint density at radius 2 is 2.21 bits per heavy atom. The second-order valence-corrected chi connectivity index (χ2v) is 7.04. The summed E-state index contributed by atoms with van der Waals surface area (Å²) >= 11 is 5.91. The van der Waals surface area contributed by atoms with Crippen LogP contribution in [0, 0.1) is 5.92 Å². The number of hydrogen-bond donors (Lipinski definition) is 2. The summed E-state index contributed by atoms with van der Waals surface area (Å²) in [5.74, 6) is 0.465. The van der Waals surface area contributed by atoms with E-state index in [1.807, 2.05) is 0 Å². The fourth-order valence-corrected chi connectivity index (χ4v) is 3.82. The molecule has 1 saturated carbocycles. The van der Waals surface area contributed by atoms with Crippen molar-refractivity contribution in [1.29, 1.82) is 0 Å². The summed E-state index contributed by atoms with van der Waals surface area (Å²) < 4.78 is 27.0. The van der Waals surface area contributed by atoms with E-state index in [4.69, 9.17) is 16.7 Å². The fraction of sp³-hybridized carbons (Fsp3) is 0.538. The Kier molecular flexibility index (Phi) is 4.50. The van der Waals surface area contributed by atoms with Crippen LogP contribution in [0.1, 0.15) is 31.7 Å². The quantitative estimate of drug-likeness (QED) is 0.847. The van der Waals surface area contributed by atoms with Gasteiger partial charge in [-0.1, -0.05) is 31.0 Å². The lowest BCUT2D eigenvalue weighted by Gasteiger charge is -2.08. The van der Waals surface area contributed by atoms with Crippen molar-refractivity contribution in [3.05, 3.63) is 28.8 Å². The van der Waals surface area contributed by atoms with Crippen LogP contribution in [0.25, 0.3) is 0 Å². The van der Waals surface area contributed by atoms with Crippen LogP contribution in [0.2, 0.25) is 5.02 Å². The third-order valence-electron chi connectivity index (χ3n) is 3.39. The van der Waals surface area contributed by atoms with Crippen LogP contribution in [-0.2, 0) is 16.6 Å². The highest BCUT2D eigenvalue weighted by molar-refractivity contribution is 7.89. The Balaban J connectivity index is 2.10. The van der Waals surface area contributed by atoms with E-state index in [9.17, 15) is 8.42 Å². The molecule has 1 fully saturated rings. The van der Waals surface area contributed by atoms with E-state index in [0.29, 0.717) is 11.5 Å². The van der Waals surface area contributed by atoms with Crippen LogP contribution in [0.4, 0.5) is 0 Å². The Morgan fingerprint density at radius 3 is 2.79 bits per heavy atom. The van der Waals surface area contributed by atoms with Gasteiger partial charge < -0.3 is 5.11 Å². The van der Waals surface area contributed by atoms with Crippen LogP contribution in [0.5, 0.6) is 0 Å². The number of aliphatic hydroxyl groups is 1. The molecule has 4 nitrogen and oxygen atoms in total. The zero-order valence-corrected chi connectivity index (χ0v) is 12.3. The maximum absolute atomic E-state index is 12.2. The van der Waals surface area contributed by atoms with Gasteiger partial charge in [0.25, 0.3) is 0 Å². The Hall–Kier alpha value is -0.620. The van der Waals surface area contributed by atoms with Crippen LogP contribution >= 0.6 is 11.6 Å². The average Bonchev–Trinajstić information content (AvgIpc) is 3.06. The van der Waals surface area contributed by atoms with E-state index in [-0.39, 0.29) is 22.6 Å². The number of benzene rings is 1. The molecular weight excluding hydrogens is 286 g/mol. The average molecular weight is 304 g/mol. The largest absolute Gasteiger partial charge is 0.392 e. The predicted molar refractivity (Wildman–Crippen MR) is 74.5 cm³/mol. The molecule has 2 atom stereocenters. The van der Waals surface area contributed by atoms with Gasteiger partial charge in [-0.05, 0) is 36.5 Å². The lowest BCUT2D eigenvalue weighted by molar-refractivity contribution is 0.282. The van der Waals surface area contributed by atoms with Crippen LogP contribution in [0.15, 0.2) is 23.1 Å². The highest BCUT2D eigenvalue weighted by Gasteiger charge is 2.39. The van der Waals surface area contributed by atoms with Gasteiger partial charge in [0.1, 0.15) is 0 Å². The number of halogens is 1. The molecule has 1 aliphatic rings. The maximum Gasteiger partial charge on any atom is 0.240 e. The molecule has 0 aromatic heterocycles. The minimum atomic E-state index is -3.51. The zero-order chi connectivity index (χ0) is 14.0. The van der Waals surface area contributed by atoms with E-state index < -0.39 is 10.0 Å². The molecule has 0 aliphatic heterocycles. The lowest BCUT2D eigenvalue weighted by atomic mass is 10.2.